The molecular weight excluding hydrogens is 413 g/mol. The van der Waals surface area contributed by atoms with E-state index >= 15 is 0 Å². The summed E-state index contributed by atoms with van der Waals surface area (Å²) in [5.74, 6) is 0.772. The molecule has 0 aliphatic carbocycles. The van der Waals surface area contributed by atoms with Crippen molar-refractivity contribution in [2.24, 2.45) is 0 Å². The van der Waals surface area contributed by atoms with E-state index in [9.17, 15) is 4.79 Å². The van der Waals surface area contributed by atoms with Crippen LogP contribution >= 0.6 is 34.2 Å². The molecule has 5 heteroatoms. The van der Waals surface area contributed by atoms with Gasteiger partial charge in [-0.2, -0.15) is 0 Å². The highest BCUT2D eigenvalue weighted by Gasteiger charge is 2.09. The minimum atomic E-state index is -0.0818. The van der Waals surface area contributed by atoms with Crippen molar-refractivity contribution < 1.29 is 9.53 Å². The predicted octanol–water partition coefficient (Wildman–Crippen LogP) is 4.32. The van der Waals surface area contributed by atoms with E-state index in [4.69, 9.17) is 16.3 Å². The minimum absolute atomic E-state index is 0.0818. The van der Waals surface area contributed by atoms with Gasteiger partial charge in [0.2, 0.25) is 0 Å². The summed E-state index contributed by atoms with van der Waals surface area (Å²) >= 11 is 8.07. The topological polar surface area (TPSA) is 38.3 Å². The molecule has 0 spiro atoms. The van der Waals surface area contributed by atoms with Gasteiger partial charge in [0.05, 0.1) is 12.7 Å². The number of halogens is 2. The molecule has 3 nitrogen and oxygen atoms in total. The van der Waals surface area contributed by atoms with Crippen LogP contribution in [0.1, 0.15) is 22.3 Å². The van der Waals surface area contributed by atoms with Gasteiger partial charge < -0.3 is 10.1 Å². The van der Waals surface area contributed by atoms with E-state index in [2.05, 4.69) is 27.9 Å². The first kappa shape index (κ1) is 17.1. The van der Waals surface area contributed by atoms with Crippen molar-refractivity contribution in [3.05, 3.63) is 62.2 Å². The lowest BCUT2D eigenvalue weighted by atomic mass is 10.1. The summed E-state index contributed by atoms with van der Waals surface area (Å²) in [6.45, 7) is 0.632. The third kappa shape index (κ3) is 4.88. The Labute approximate surface area is 149 Å². The Morgan fingerprint density at radius 3 is 2.64 bits per heavy atom. The van der Waals surface area contributed by atoms with Crippen molar-refractivity contribution >= 4 is 40.1 Å². The zero-order valence-corrected chi connectivity index (χ0v) is 15.1. The average molecular weight is 430 g/mol. The maximum atomic E-state index is 12.1. The number of ether oxygens (including phenoxy) is 1. The number of hydrogen-bond acceptors (Lipinski definition) is 2. The molecular formula is C17H17ClINO2. The molecule has 1 amide bonds. The van der Waals surface area contributed by atoms with Gasteiger partial charge in [-0.1, -0.05) is 23.7 Å². The number of rotatable bonds is 6. The Kier molecular flexibility index (Phi) is 6.51. The summed E-state index contributed by atoms with van der Waals surface area (Å²) in [5.41, 5.74) is 1.85. The van der Waals surface area contributed by atoms with Crippen LogP contribution < -0.4 is 10.1 Å². The van der Waals surface area contributed by atoms with Crippen LogP contribution in [-0.4, -0.2) is 19.6 Å². The maximum absolute atomic E-state index is 12.1. The molecule has 0 radical (unpaired) electrons. The molecule has 0 saturated heterocycles. The Hall–Kier alpha value is -1.27. The molecule has 0 heterocycles. The molecule has 2 aromatic carbocycles. The SMILES string of the molecule is COc1ccc(CCCNC(=O)c2cc(Cl)ccc2I)cc1. The van der Waals surface area contributed by atoms with Gasteiger partial charge in [-0.05, 0) is 71.3 Å². The molecule has 0 bridgehead atoms. The highest BCUT2D eigenvalue weighted by Crippen LogP contribution is 2.18. The monoisotopic (exact) mass is 429 g/mol. The van der Waals surface area contributed by atoms with E-state index in [0.717, 1.165) is 22.2 Å². The standard InChI is InChI=1S/C17H17ClINO2/c1-22-14-7-4-12(5-8-14)3-2-10-20-17(21)15-11-13(18)6-9-16(15)19/h4-9,11H,2-3,10H2,1H3,(H,20,21). The normalized spacial score (nSPS) is 10.3. The Morgan fingerprint density at radius 1 is 1.23 bits per heavy atom. The number of methoxy groups -OCH3 is 1. The molecule has 1 N–H and O–H groups in total. The molecule has 0 aliphatic rings. The van der Waals surface area contributed by atoms with Crippen molar-refractivity contribution in [2.45, 2.75) is 12.8 Å². The molecule has 116 valence electrons. The van der Waals surface area contributed by atoms with Crippen LogP contribution in [-0.2, 0) is 6.42 Å². The second-order valence-electron chi connectivity index (χ2n) is 4.83. The summed E-state index contributed by atoms with van der Waals surface area (Å²) in [6.07, 6.45) is 1.80. The number of carbonyl (C=O) groups excluding carboxylic acids is 1. The summed E-state index contributed by atoms with van der Waals surface area (Å²) in [6, 6.07) is 13.3. The Morgan fingerprint density at radius 2 is 1.95 bits per heavy atom. The summed E-state index contributed by atoms with van der Waals surface area (Å²) < 4.78 is 6.03. The van der Waals surface area contributed by atoms with Gasteiger partial charge >= 0.3 is 0 Å². The fraction of sp³-hybridized carbons (Fsp3) is 0.235. The molecule has 0 fully saturated rings. The van der Waals surface area contributed by atoms with Crippen molar-refractivity contribution in [3.8, 4) is 5.75 Å². The van der Waals surface area contributed by atoms with Crippen LogP contribution in [0.3, 0.4) is 0 Å². The van der Waals surface area contributed by atoms with Gasteiger partial charge in [0.25, 0.3) is 5.91 Å². The second kappa shape index (κ2) is 8.39. The van der Waals surface area contributed by atoms with E-state index in [-0.39, 0.29) is 5.91 Å². The summed E-state index contributed by atoms with van der Waals surface area (Å²) in [7, 11) is 1.65. The summed E-state index contributed by atoms with van der Waals surface area (Å²) in [4.78, 5) is 12.1. The molecule has 0 saturated carbocycles. The number of carbonyl (C=O) groups is 1. The van der Waals surface area contributed by atoms with E-state index in [1.165, 1.54) is 5.56 Å². The molecule has 2 aromatic rings. The van der Waals surface area contributed by atoms with Crippen molar-refractivity contribution in [2.75, 3.05) is 13.7 Å². The van der Waals surface area contributed by atoms with E-state index in [1.807, 2.05) is 30.3 Å². The van der Waals surface area contributed by atoms with Gasteiger partial charge in [0, 0.05) is 15.1 Å². The van der Waals surface area contributed by atoms with Gasteiger partial charge in [0.1, 0.15) is 5.75 Å². The first-order chi connectivity index (χ1) is 10.6. The zero-order valence-electron chi connectivity index (χ0n) is 12.2. The predicted molar refractivity (Wildman–Crippen MR) is 97.8 cm³/mol. The third-order valence-corrected chi connectivity index (χ3v) is 4.44. The first-order valence-corrected chi connectivity index (χ1v) is 8.42. The van der Waals surface area contributed by atoms with Crippen LogP contribution in [0.4, 0.5) is 0 Å². The highest BCUT2D eigenvalue weighted by molar-refractivity contribution is 14.1. The zero-order chi connectivity index (χ0) is 15.9. The minimum Gasteiger partial charge on any atom is -0.497 e. The molecule has 0 atom stereocenters. The van der Waals surface area contributed by atoms with Gasteiger partial charge in [-0.25, -0.2) is 0 Å². The van der Waals surface area contributed by atoms with Crippen LogP contribution in [0.15, 0.2) is 42.5 Å². The highest BCUT2D eigenvalue weighted by atomic mass is 127. The number of hydrogen-bond donors (Lipinski definition) is 1. The lowest BCUT2D eigenvalue weighted by Crippen LogP contribution is -2.25. The Bertz CT molecular complexity index is 644. The second-order valence-corrected chi connectivity index (χ2v) is 6.43. The van der Waals surface area contributed by atoms with Crippen LogP contribution in [0, 0.1) is 3.57 Å². The molecule has 2 rings (SSSR count). The fourth-order valence-corrected chi connectivity index (χ4v) is 2.81. The van der Waals surface area contributed by atoms with Crippen LogP contribution in [0.25, 0.3) is 0 Å². The summed E-state index contributed by atoms with van der Waals surface area (Å²) in [5, 5.41) is 3.51. The maximum Gasteiger partial charge on any atom is 0.252 e. The van der Waals surface area contributed by atoms with Crippen LogP contribution in [0.2, 0.25) is 5.02 Å². The first-order valence-electron chi connectivity index (χ1n) is 6.96. The number of aryl methyl sites for hydroxylation is 1. The van der Waals surface area contributed by atoms with E-state index < -0.39 is 0 Å². The quantitative estimate of drug-likeness (QED) is 0.549. The largest absolute Gasteiger partial charge is 0.497 e. The van der Waals surface area contributed by atoms with E-state index in [1.54, 1.807) is 19.2 Å². The third-order valence-electron chi connectivity index (χ3n) is 3.26. The van der Waals surface area contributed by atoms with Crippen molar-refractivity contribution in [1.29, 1.82) is 0 Å². The smallest absolute Gasteiger partial charge is 0.252 e. The fourth-order valence-electron chi connectivity index (χ4n) is 2.05. The van der Waals surface area contributed by atoms with Gasteiger partial charge in [-0.3, -0.25) is 4.79 Å². The van der Waals surface area contributed by atoms with Crippen LogP contribution in [0.5, 0.6) is 5.75 Å². The number of amides is 1. The molecule has 0 aromatic heterocycles. The van der Waals surface area contributed by atoms with Gasteiger partial charge in [-0.15, -0.1) is 0 Å². The Balaban J connectivity index is 1.80. The van der Waals surface area contributed by atoms with Crippen molar-refractivity contribution in [3.63, 3.8) is 0 Å². The molecule has 0 aliphatic heterocycles. The van der Waals surface area contributed by atoms with Crippen molar-refractivity contribution in [1.82, 2.24) is 5.32 Å². The van der Waals surface area contributed by atoms with E-state index in [0.29, 0.717) is 17.1 Å². The lowest BCUT2D eigenvalue weighted by molar-refractivity contribution is 0.0952. The van der Waals surface area contributed by atoms with Gasteiger partial charge in [0.15, 0.2) is 0 Å². The molecule has 22 heavy (non-hydrogen) atoms. The average Bonchev–Trinajstić information content (AvgIpc) is 2.54. The lowest BCUT2D eigenvalue weighted by Gasteiger charge is -2.08. The number of benzene rings is 2. The molecule has 0 unspecified atom stereocenters. The number of nitrogens with one attached hydrogen (secondary N) is 1.